The number of nitrogens with one attached hydrogen (secondary N) is 1. The molecule has 1 heterocycles. The first-order chi connectivity index (χ1) is 12.2. The van der Waals surface area contributed by atoms with Gasteiger partial charge in [-0.25, -0.2) is 0 Å². The Balaban J connectivity index is 1.55. The fourth-order valence-corrected chi connectivity index (χ4v) is 2.48. The van der Waals surface area contributed by atoms with Crippen LogP contribution in [0.4, 0.5) is 5.69 Å². The smallest absolute Gasteiger partial charge is 0.248 e. The second-order valence-electron chi connectivity index (χ2n) is 5.69. The predicted octanol–water partition coefficient (Wildman–Crippen LogP) is 3.38. The van der Waals surface area contributed by atoms with Crippen molar-refractivity contribution in [3.8, 4) is 11.8 Å². The molecule has 0 aliphatic carbocycles. The van der Waals surface area contributed by atoms with Crippen LogP contribution < -0.4 is 10.1 Å². The minimum Gasteiger partial charge on any atom is -0.488 e. The van der Waals surface area contributed by atoms with Crippen molar-refractivity contribution in [1.29, 1.82) is 5.26 Å². The number of carbonyl (C=O) groups is 1. The van der Waals surface area contributed by atoms with Gasteiger partial charge in [0.25, 0.3) is 0 Å². The molecule has 2 aromatic rings. The lowest BCUT2D eigenvalue weighted by molar-refractivity contribution is -0.111. The van der Waals surface area contributed by atoms with E-state index < -0.39 is 0 Å². The van der Waals surface area contributed by atoms with Crippen LogP contribution in [0.5, 0.6) is 5.75 Å². The second kappa shape index (κ2) is 8.13. The van der Waals surface area contributed by atoms with Gasteiger partial charge in [0, 0.05) is 18.2 Å². The highest BCUT2D eigenvalue weighted by Crippen LogP contribution is 2.19. The zero-order chi connectivity index (χ0) is 17.5. The van der Waals surface area contributed by atoms with Gasteiger partial charge < -0.3 is 14.8 Å². The number of anilines is 1. The molecule has 0 radical (unpaired) electrons. The number of nitrogens with zero attached hydrogens (tertiary/aromatic N) is 1. The van der Waals surface area contributed by atoms with E-state index in [2.05, 4.69) is 11.4 Å². The number of ether oxygens (including phenoxy) is 2. The van der Waals surface area contributed by atoms with Crippen LogP contribution in [0.2, 0.25) is 0 Å². The van der Waals surface area contributed by atoms with Crippen molar-refractivity contribution < 1.29 is 14.3 Å². The summed E-state index contributed by atoms with van der Waals surface area (Å²) in [7, 11) is 0. The monoisotopic (exact) mass is 334 g/mol. The summed E-state index contributed by atoms with van der Waals surface area (Å²) in [5.41, 5.74) is 2.05. The molecule has 1 N–H and O–H groups in total. The first kappa shape index (κ1) is 16.7. The summed E-state index contributed by atoms with van der Waals surface area (Å²) in [5, 5.41) is 11.7. The van der Waals surface area contributed by atoms with Crippen LogP contribution in [0.15, 0.2) is 54.6 Å². The first-order valence-electron chi connectivity index (χ1n) is 8.06. The molecule has 126 valence electrons. The number of carbonyl (C=O) groups excluding carboxylic acids is 1. The largest absolute Gasteiger partial charge is 0.488 e. The number of nitriles is 1. The third-order valence-electron chi connectivity index (χ3n) is 3.76. The van der Waals surface area contributed by atoms with Crippen molar-refractivity contribution in [3.63, 3.8) is 0 Å². The molecule has 3 rings (SSSR count). The highest BCUT2D eigenvalue weighted by Gasteiger charge is 2.16. The van der Waals surface area contributed by atoms with E-state index in [1.54, 1.807) is 36.4 Å². The molecular weight excluding hydrogens is 316 g/mol. The summed E-state index contributed by atoms with van der Waals surface area (Å²) >= 11 is 0. The molecular formula is C20H18N2O3. The van der Waals surface area contributed by atoms with E-state index in [-0.39, 0.29) is 12.0 Å². The number of hydrogen-bond acceptors (Lipinski definition) is 4. The van der Waals surface area contributed by atoms with Crippen molar-refractivity contribution in [3.05, 3.63) is 65.7 Å². The summed E-state index contributed by atoms with van der Waals surface area (Å²) in [6.07, 6.45) is 4.12. The lowest BCUT2D eigenvalue weighted by Crippen LogP contribution is -2.15. The highest BCUT2D eigenvalue weighted by molar-refractivity contribution is 6.01. The van der Waals surface area contributed by atoms with Gasteiger partial charge in [-0.3, -0.25) is 4.79 Å². The fourth-order valence-electron chi connectivity index (χ4n) is 2.48. The number of rotatable bonds is 5. The Kier molecular flexibility index (Phi) is 5.45. The molecule has 0 aromatic heterocycles. The fraction of sp³-hybridized carbons (Fsp3) is 0.200. The van der Waals surface area contributed by atoms with Crippen LogP contribution in [0.25, 0.3) is 6.08 Å². The van der Waals surface area contributed by atoms with E-state index in [4.69, 9.17) is 14.7 Å². The molecule has 1 aliphatic heterocycles. The first-order valence-corrected chi connectivity index (χ1v) is 8.06. The standard InChI is InChI=1S/C20H18N2O3/c21-13-16-3-1-2-15(12-16)4-9-20(23)22-17-5-7-18(8-6-17)25-19-10-11-24-14-19/h1-9,12,19H,10-11,14H2,(H,22,23)/b9-4-/t19-/m0/s1. The minimum atomic E-state index is -0.236. The van der Waals surface area contributed by atoms with Crippen LogP contribution in [0.3, 0.4) is 0 Å². The topological polar surface area (TPSA) is 71.4 Å². The van der Waals surface area contributed by atoms with Gasteiger partial charge in [-0.2, -0.15) is 5.26 Å². The van der Waals surface area contributed by atoms with Gasteiger partial charge in [-0.15, -0.1) is 0 Å². The third-order valence-corrected chi connectivity index (χ3v) is 3.76. The molecule has 2 aromatic carbocycles. The zero-order valence-corrected chi connectivity index (χ0v) is 13.6. The van der Waals surface area contributed by atoms with Gasteiger partial charge in [0.2, 0.25) is 5.91 Å². The van der Waals surface area contributed by atoms with Gasteiger partial charge in [-0.05, 0) is 48.0 Å². The molecule has 0 bridgehead atoms. The Morgan fingerprint density at radius 3 is 2.84 bits per heavy atom. The molecule has 0 spiro atoms. The molecule has 1 saturated heterocycles. The zero-order valence-electron chi connectivity index (χ0n) is 13.6. The summed E-state index contributed by atoms with van der Waals surface area (Å²) in [5.74, 6) is 0.526. The van der Waals surface area contributed by atoms with Crippen LogP contribution in [0.1, 0.15) is 17.5 Å². The molecule has 1 aliphatic rings. The summed E-state index contributed by atoms with van der Waals surface area (Å²) in [4.78, 5) is 12.0. The molecule has 1 amide bonds. The van der Waals surface area contributed by atoms with Crippen molar-refractivity contribution in [2.45, 2.75) is 12.5 Å². The Morgan fingerprint density at radius 2 is 2.12 bits per heavy atom. The highest BCUT2D eigenvalue weighted by atomic mass is 16.5. The predicted molar refractivity (Wildman–Crippen MR) is 95.1 cm³/mol. The average Bonchev–Trinajstić information content (AvgIpc) is 3.15. The van der Waals surface area contributed by atoms with Crippen LogP contribution in [-0.2, 0) is 9.53 Å². The SMILES string of the molecule is N#Cc1cccc(/C=C\C(=O)Nc2ccc(O[C@H]3CCOC3)cc2)c1. The van der Waals surface area contributed by atoms with Gasteiger partial charge in [0.15, 0.2) is 0 Å². The van der Waals surface area contributed by atoms with E-state index in [1.165, 1.54) is 6.08 Å². The van der Waals surface area contributed by atoms with Crippen molar-refractivity contribution in [2.24, 2.45) is 0 Å². The normalized spacial score (nSPS) is 16.5. The maximum Gasteiger partial charge on any atom is 0.248 e. The van der Waals surface area contributed by atoms with Crippen molar-refractivity contribution in [1.82, 2.24) is 0 Å². The quantitative estimate of drug-likeness (QED) is 0.851. The van der Waals surface area contributed by atoms with E-state index in [9.17, 15) is 4.79 Å². The van der Waals surface area contributed by atoms with E-state index in [1.807, 2.05) is 18.2 Å². The second-order valence-corrected chi connectivity index (χ2v) is 5.69. The van der Waals surface area contributed by atoms with Gasteiger partial charge >= 0.3 is 0 Å². The van der Waals surface area contributed by atoms with Gasteiger partial charge in [-0.1, -0.05) is 12.1 Å². The molecule has 25 heavy (non-hydrogen) atoms. The van der Waals surface area contributed by atoms with Gasteiger partial charge in [0.1, 0.15) is 11.9 Å². The molecule has 5 heteroatoms. The Labute approximate surface area is 146 Å². The maximum absolute atomic E-state index is 12.0. The van der Waals surface area contributed by atoms with Crippen LogP contribution in [0, 0.1) is 11.3 Å². The summed E-state index contributed by atoms with van der Waals surface area (Å²) in [6, 6.07) is 16.4. The van der Waals surface area contributed by atoms with Crippen molar-refractivity contribution in [2.75, 3.05) is 18.5 Å². The van der Waals surface area contributed by atoms with E-state index in [0.717, 1.165) is 24.3 Å². The van der Waals surface area contributed by atoms with E-state index in [0.29, 0.717) is 17.9 Å². The third kappa shape index (κ3) is 4.93. The Bertz CT molecular complexity index is 800. The Morgan fingerprint density at radius 1 is 1.28 bits per heavy atom. The summed E-state index contributed by atoms with van der Waals surface area (Å²) < 4.78 is 11.1. The minimum absolute atomic E-state index is 0.104. The maximum atomic E-state index is 12.0. The van der Waals surface area contributed by atoms with Gasteiger partial charge in [0.05, 0.1) is 24.8 Å². The molecule has 5 nitrogen and oxygen atoms in total. The van der Waals surface area contributed by atoms with Crippen LogP contribution >= 0.6 is 0 Å². The number of amides is 1. The van der Waals surface area contributed by atoms with E-state index >= 15 is 0 Å². The number of hydrogen-bond donors (Lipinski definition) is 1. The summed E-state index contributed by atoms with van der Waals surface area (Å²) in [6.45, 7) is 1.36. The molecule has 0 saturated carbocycles. The lowest BCUT2D eigenvalue weighted by Gasteiger charge is -2.12. The number of benzene rings is 2. The lowest BCUT2D eigenvalue weighted by atomic mass is 10.1. The molecule has 0 unspecified atom stereocenters. The Hall–Kier alpha value is -3.10. The van der Waals surface area contributed by atoms with Crippen LogP contribution in [-0.4, -0.2) is 25.2 Å². The molecule has 1 atom stereocenters. The van der Waals surface area contributed by atoms with Crippen molar-refractivity contribution >= 4 is 17.7 Å². The molecule has 1 fully saturated rings. The average molecular weight is 334 g/mol.